The van der Waals surface area contributed by atoms with Gasteiger partial charge in [-0.15, -0.1) is 0 Å². The van der Waals surface area contributed by atoms with E-state index in [1.807, 2.05) is 36.8 Å². The normalized spacial score (nSPS) is 11.6. The average Bonchev–Trinajstić information content (AvgIpc) is 2.83. The number of sulfonamides is 1. The van der Waals surface area contributed by atoms with Crippen molar-refractivity contribution in [2.24, 2.45) is 0 Å². The van der Waals surface area contributed by atoms with Gasteiger partial charge in [-0.1, -0.05) is 32.0 Å². The van der Waals surface area contributed by atoms with Gasteiger partial charge in [0.05, 0.1) is 6.26 Å². The Labute approximate surface area is 123 Å². The topological polar surface area (TPSA) is 89.3 Å². The molecule has 0 atom stereocenters. The summed E-state index contributed by atoms with van der Waals surface area (Å²) in [5.74, 6) is -0.240. The highest BCUT2D eigenvalue weighted by Crippen LogP contribution is 2.26. The third kappa shape index (κ3) is 3.69. The van der Waals surface area contributed by atoms with Gasteiger partial charge in [0.1, 0.15) is 5.76 Å². The van der Waals surface area contributed by atoms with Crippen LogP contribution in [0.3, 0.4) is 0 Å². The van der Waals surface area contributed by atoms with Crippen LogP contribution in [0.4, 0.5) is 0 Å². The molecule has 0 aliphatic rings. The molecule has 1 aromatic carbocycles. The Hall–Kier alpha value is -2.15. The summed E-state index contributed by atoms with van der Waals surface area (Å²) in [6.45, 7) is 3.68. The van der Waals surface area contributed by atoms with Gasteiger partial charge in [0.25, 0.3) is 5.91 Å². The first-order valence-corrected chi connectivity index (χ1v) is 8.25. The lowest BCUT2D eigenvalue weighted by Crippen LogP contribution is -2.30. The van der Waals surface area contributed by atoms with Crippen LogP contribution in [-0.2, 0) is 10.0 Å². The Kier molecular flexibility index (Phi) is 4.13. The van der Waals surface area contributed by atoms with Gasteiger partial charge in [-0.05, 0) is 12.1 Å². The Morgan fingerprint density at radius 2 is 1.86 bits per heavy atom. The van der Waals surface area contributed by atoms with E-state index in [2.05, 4.69) is 4.98 Å². The first kappa shape index (κ1) is 15.2. The summed E-state index contributed by atoms with van der Waals surface area (Å²) in [4.78, 5) is 16.2. The molecule has 1 aromatic heterocycles. The maximum absolute atomic E-state index is 12.0. The maximum Gasteiger partial charge on any atom is 0.286 e. The van der Waals surface area contributed by atoms with Crippen molar-refractivity contribution in [2.75, 3.05) is 6.26 Å². The van der Waals surface area contributed by atoms with Gasteiger partial charge in [0.2, 0.25) is 15.9 Å². The van der Waals surface area contributed by atoms with E-state index in [1.54, 1.807) is 12.1 Å². The summed E-state index contributed by atoms with van der Waals surface area (Å²) in [7, 11) is -3.65. The number of amides is 1. The van der Waals surface area contributed by atoms with E-state index in [9.17, 15) is 13.2 Å². The van der Waals surface area contributed by atoms with E-state index < -0.39 is 15.9 Å². The molecule has 6 nitrogen and oxygen atoms in total. The minimum Gasteiger partial charge on any atom is -0.440 e. The standard InChI is InChI=1S/C14H16N2O4S/c1-9(2)12-11(13(17)16-21(3,18)19)15-14(20-12)10-7-5-4-6-8-10/h4-9H,1-3H3,(H,16,17). The predicted molar refractivity (Wildman–Crippen MR) is 78.3 cm³/mol. The average molecular weight is 308 g/mol. The van der Waals surface area contributed by atoms with Crippen molar-refractivity contribution >= 4 is 15.9 Å². The summed E-state index contributed by atoms with van der Waals surface area (Å²) in [6, 6.07) is 9.10. The molecule has 2 rings (SSSR count). The number of carbonyl (C=O) groups excluding carboxylic acids is 1. The Balaban J connectivity index is 2.46. The lowest BCUT2D eigenvalue weighted by molar-refractivity contribution is 0.0975. The number of carbonyl (C=O) groups is 1. The fourth-order valence-electron chi connectivity index (χ4n) is 1.81. The number of hydrogen-bond acceptors (Lipinski definition) is 5. The molecule has 2 aromatic rings. The van der Waals surface area contributed by atoms with Crippen LogP contribution in [0.2, 0.25) is 0 Å². The van der Waals surface area contributed by atoms with Crippen molar-refractivity contribution in [2.45, 2.75) is 19.8 Å². The van der Waals surface area contributed by atoms with Gasteiger partial charge in [-0.3, -0.25) is 4.79 Å². The molecular formula is C14H16N2O4S. The molecule has 1 amide bonds. The fraction of sp³-hybridized carbons (Fsp3) is 0.286. The zero-order chi connectivity index (χ0) is 15.6. The van der Waals surface area contributed by atoms with E-state index in [0.29, 0.717) is 5.76 Å². The SMILES string of the molecule is CC(C)c1oc(-c2ccccc2)nc1C(=O)NS(C)(=O)=O. The maximum atomic E-state index is 12.0. The predicted octanol–water partition coefficient (Wildman–Crippen LogP) is 2.15. The minimum atomic E-state index is -3.65. The molecule has 0 unspecified atom stereocenters. The molecule has 21 heavy (non-hydrogen) atoms. The Morgan fingerprint density at radius 1 is 1.24 bits per heavy atom. The van der Waals surface area contributed by atoms with Crippen LogP contribution in [0.5, 0.6) is 0 Å². The monoisotopic (exact) mass is 308 g/mol. The van der Waals surface area contributed by atoms with E-state index in [-0.39, 0.29) is 17.5 Å². The van der Waals surface area contributed by atoms with Gasteiger partial charge in [-0.25, -0.2) is 18.1 Å². The molecule has 1 N–H and O–H groups in total. The molecule has 112 valence electrons. The second kappa shape index (κ2) is 5.69. The first-order chi connectivity index (χ1) is 9.78. The molecule has 7 heteroatoms. The second-order valence-electron chi connectivity index (χ2n) is 4.96. The van der Waals surface area contributed by atoms with Crippen LogP contribution in [0.25, 0.3) is 11.5 Å². The highest BCUT2D eigenvalue weighted by Gasteiger charge is 2.24. The number of rotatable bonds is 4. The summed E-state index contributed by atoms with van der Waals surface area (Å²) >= 11 is 0. The van der Waals surface area contributed by atoms with Gasteiger partial charge in [0, 0.05) is 11.5 Å². The Morgan fingerprint density at radius 3 is 2.38 bits per heavy atom. The van der Waals surface area contributed by atoms with E-state index in [1.165, 1.54) is 0 Å². The van der Waals surface area contributed by atoms with Crippen LogP contribution in [0.15, 0.2) is 34.7 Å². The van der Waals surface area contributed by atoms with Gasteiger partial charge >= 0.3 is 0 Å². The molecule has 1 heterocycles. The Bertz CT molecular complexity index is 749. The highest BCUT2D eigenvalue weighted by molar-refractivity contribution is 7.89. The van der Waals surface area contributed by atoms with E-state index in [4.69, 9.17) is 4.42 Å². The van der Waals surface area contributed by atoms with E-state index in [0.717, 1.165) is 11.8 Å². The van der Waals surface area contributed by atoms with E-state index >= 15 is 0 Å². The number of aromatic nitrogens is 1. The van der Waals surface area contributed by atoms with Gasteiger partial charge in [0.15, 0.2) is 5.69 Å². The molecule has 0 fully saturated rings. The van der Waals surface area contributed by atoms with Crippen molar-refractivity contribution in [3.63, 3.8) is 0 Å². The van der Waals surface area contributed by atoms with Crippen LogP contribution in [-0.4, -0.2) is 25.6 Å². The van der Waals surface area contributed by atoms with Crippen LogP contribution in [0, 0.1) is 0 Å². The lowest BCUT2D eigenvalue weighted by Gasteiger charge is -2.03. The molecule has 0 radical (unpaired) electrons. The third-order valence-electron chi connectivity index (χ3n) is 2.69. The summed E-state index contributed by atoms with van der Waals surface area (Å²) in [5, 5.41) is 0. The van der Waals surface area contributed by atoms with Crippen molar-refractivity contribution in [1.82, 2.24) is 9.71 Å². The smallest absolute Gasteiger partial charge is 0.286 e. The molecule has 0 bridgehead atoms. The highest BCUT2D eigenvalue weighted by atomic mass is 32.2. The third-order valence-corrected chi connectivity index (χ3v) is 3.25. The van der Waals surface area contributed by atoms with Crippen LogP contribution < -0.4 is 4.72 Å². The van der Waals surface area contributed by atoms with Crippen molar-refractivity contribution in [3.8, 4) is 11.5 Å². The van der Waals surface area contributed by atoms with Gasteiger partial charge in [-0.2, -0.15) is 0 Å². The molecule has 0 saturated carbocycles. The van der Waals surface area contributed by atoms with Crippen molar-refractivity contribution in [3.05, 3.63) is 41.8 Å². The number of nitrogens with one attached hydrogen (secondary N) is 1. The molecule has 0 aliphatic heterocycles. The van der Waals surface area contributed by atoms with Crippen molar-refractivity contribution in [1.29, 1.82) is 0 Å². The number of nitrogens with zero attached hydrogens (tertiary/aromatic N) is 1. The van der Waals surface area contributed by atoms with Crippen LogP contribution in [0.1, 0.15) is 36.0 Å². The quantitative estimate of drug-likeness (QED) is 0.934. The van der Waals surface area contributed by atoms with Crippen molar-refractivity contribution < 1.29 is 17.6 Å². The number of hydrogen-bond donors (Lipinski definition) is 1. The lowest BCUT2D eigenvalue weighted by atomic mass is 10.1. The zero-order valence-electron chi connectivity index (χ0n) is 12.0. The summed E-state index contributed by atoms with van der Waals surface area (Å²) in [6.07, 6.45) is 0.915. The minimum absolute atomic E-state index is 0.00530. The molecule has 0 spiro atoms. The second-order valence-corrected chi connectivity index (χ2v) is 6.70. The summed E-state index contributed by atoms with van der Waals surface area (Å²) in [5.41, 5.74) is 0.715. The van der Waals surface area contributed by atoms with Crippen LogP contribution >= 0.6 is 0 Å². The molecule has 0 aliphatic carbocycles. The number of oxazole rings is 1. The fourth-order valence-corrected chi connectivity index (χ4v) is 2.24. The number of benzene rings is 1. The zero-order valence-corrected chi connectivity index (χ0v) is 12.8. The summed E-state index contributed by atoms with van der Waals surface area (Å²) < 4.78 is 29.9. The largest absolute Gasteiger partial charge is 0.440 e. The molecular weight excluding hydrogens is 292 g/mol. The molecule has 0 saturated heterocycles. The first-order valence-electron chi connectivity index (χ1n) is 6.36. The van der Waals surface area contributed by atoms with Gasteiger partial charge < -0.3 is 4.42 Å².